The number of nitrogens with zero attached hydrogens (tertiary/aromatic N) is 1. The fourth-order valence-electron chi connectivity index (χ4n) is 5.32. The second kappa shape index (κ2) is 23.0. The quantitative estimate of drug-likeness (QED) is 0.0748. The molecule has 0 aliphatic carbocycles. The second-order valence-electron chi connectivity index (χ2n) is 15.1. The number of rotatable bonds is 27. The van der Waals surface area contributed by atoms with Crippen molar-refractivity contribution in [2.75, 3.05) is 70.7 Å². The molecule has 1 aromatic carbocycles. The van der Waals surface area contributed by atoms with Gasteiger partial charge in [-0.2, -0.15) is 0 Å². The molecular formula is C38H58N4O13S. The van der Waals surface area contributed by atoms with Crippen molar-refractivity contribution in [3.63, 3.8) is 0 Å². The largest absolute Gasteiger partial charge is 0.488 e. The number of ether oxygens (including phenoxy) is 6. The molecule has 2 aromatic rings. The molecule has 17 nitrogen and oxygen atoms in total. The van der Waals surface area contributed by atoms with Gasteiger partial charge in [0.25, 0.3) is 15.9 Å². The Morgan fingerprint density at radius 1 is 0.750 bits per heavy atom. The van der Waals surface area contributed by atoms with Gasteiger partial charge in [0.1, 0.15) is 36.0 Å². The zero-order valence-electron chi connectivity index (χ0n) is 33.4. The average Bonchev–Trinajstić information content (AvgIpc) is 3.08. The molecule has 2 amide bonds. The Bertz CT molecular complexity index is 1640. The number of benzene rings is 1. The van der Waals surface area contributed by atoms with Gasteiger partial charge in [0.15, 0.2) is 0 Å². The Kier molecular flexibility index (Phi) is 19.6. The molecule has 0 bridgehead atoms. The first-order valence-corrected chi connectivity index (χ1v) is 19.7. The molecule has 0 spiro atoms. The van der Waals surface area contributed by atoms with Crippen LogP contribution in [0, 0.1) is 5.41 Å². The molecule has 0 radical (unpaired) electrons. The molecule has 0 fully saturated rings. The van der Waals surface area contributed by atoms with E-state index >= 15 is 0 Å². The van der Waals surface area contributed by atoms with E-state index in [2.05, 4.69) is 34.2 Å². The van der Waals surface area contributed by atoms with E-state index in [0.29, 0.717) is 25.0 Å². The number of carbonyl (C=O) groups excluding carboxylic acids is 3. The van der Waals surface area contributed by atoms with Crippen LogP contribution in [-0.2, 0) is 48.1 Å². The number of anilines is 1. The van der Waals surface area contributed by atoms with Gasteiger partial charge >= 0.3 is 11.9 Å². The first-order chi connectivity index (χ1) is 26.2. The van der Waals surface area contributed by atoms with Gasteiger partial charge in [-0.15, -0.1) is 0 Å². The van der Waals surface area contributed by atoms with Crippen molar-refractivity contribution in [3.8, 4) is 5.75 Å². The predicted molar refractivity (Wildman–Crippen MR) is 206 cm³/mol. The van der Waals surface area contributed by atoms with Crippen LogP contribution in [-0.4, -0.2) is 119 Å². The van der Waals surface area contributed by atoms with Crippen LogP contribution in [0.15, 0.2) is 47.5 Å². The molecule has 0 saturated carbocycles. The molecule has 0 atom stereocenters. The number of hydrogen-bond acceptors (Lipinski definition) is 13. The highest BCUT2D eigenvalue weighted by Crippen LogP contribution is 2.35. The first kappa shape index (κ1) is 47.8. The summed E-state index contributed by atoms with van der Waals surface area (Å²) in [6.45, 7) is 14.6. The smallest absolute Gasteiger partial charge is 0.329 e. The Balaban J connectivity index is 1.67. The molecule has 314 valence electrons. The molecule has 0 saturated heterocycles. The molecule has 56 heavy (non-hydrogen) atoms. The fourth-order valence-corrected chi connectivity index (χ4v) is 6.33. The van der Waals surface area contributed by atoms with E-state index in [1.54, 1.807) is 12.1 Å². The van der Waals surface area contributed by atoms with Gasteiger partial charge in [-0.1, -0.05) is 13.8 Å². The van der Waals surface area contributed by atoms with Crippen molar-refractivity contribution in [3.05, 3.63) is 48.2 Å². The summed E-state index contributed by atoms with van der Waals surface area (Å²) >= 11 is 0. The zero-order valence-corrected chi connectivity index (χ0v) is 34.3. The number of aliphatic carboxylic acids is 1. The number of carboxylic acids is 1. The summed E-state index contributed by atoms with van der Waals surface area (Å²) in [5.41, 5.74) is -1.15. The minimum Gasteiger partial charge on any atom is -0.488 e. The molecule has 4 N–H and O–H groups in total. The normalized spacial score (nSPS) is 12.1. The van der Waals surface area contributed by atoms with Crippen molar-refractivity contribution < 1.29 is 61.1 Å². The lowest BCUT2D eigenvalue weighted by molar-refractivity contribution is -0.155. The first-order valence-electron chi connectivity index (χ1n) is 18.2. The number of esters is 1. The van der Waals surface area contributed by atoms with Crippen LogP contribution in [0.4, 0.5) is 5.82 Å². The van der Waals surface area contributed by atoms with Crippen LogP contribution in [0.2, 0.25) is 0 Å². The molecule has 0 aliphatic heterocycles. The molecule has 18 heteroatoms. The third-order valence-corrected chi connectivity index (χ3v) is 8.80. The van der Waals surface area contributed by atoms with E-state index in [1.165, 1.54) is 30.5 Å². The lowest BCUT2D eigenvalue weighted by atomic mass is 9.78. The van der Waals surface area contributed by atoms with Crippen LogP contribution >= 0.6 is 0 Å². The minimum atomic E-state index is -3.99. The SMILES string of the molecule is CC(C)(CCC(=O)OC(C)(C)C)CC(C)(C)Oc1ccc(S(=O)(=O)Nc2ccc(C(=O)NCCOCCOCC(=O)NCCOCCOCC(=O)O)cn2)cc1. The number of nitrogens with one attached hydrogen (secondary N) is 3. The summed E-state index contributed by atoms with van der Waals surface area (Å²) < 4.78 is 60.8. The van der Waals surface area contributed by atoms with Gasteiger partial charge < -0.3 is 44.2 Å². The zero-order chi connectivity index (χ0) is 41.8. The number of pyridine rings is 1. The lowest BCUT2D eigenvalue weighted by Crippen LogP contribution is -2.35. The monoisotopic (exact) mass is 810 g/mol. The van der Waals surface area contributed by atoms with E-state index < -0.39 is 39.7 Å². The van der Waals surface area contributed by atoms with Crippen molar-refractivity contribution >= 4 is 39.6 Å². The van der Waals surface area contributed by atoms with Crippen LogP contribution in [0.25, 0.3) is 0 Å². The number of sulfonamides is 1. The highest BCUT2D eigenvalue weighted by Gasteiger charge is 2.32. The van der Waals surface area contributed by atoms with E-state index in [1.807, 2.05) is 34.6 Å². The molecule has 0 unspecified atom stereocenters. The van der Waals surface area contributed by atoms with Crippen LogP contribution < -0.4 is 20.1 Å². The van der Waals surface area contributed by atoms with Crippen LogP contribution in [0.5, 0.6) is 5.75 Å². The van der Waals surface area contributed by atoms with Crippen molar-refractivity contribution in [2.24, 2.45) is 5.41 Å². The van der Waals surface area contributed by atoms with Crippen molar-refractivity contribution in [1.29, 1.82) is 0 Å². The summed E-state index contributed by atoms with van der Waals surface area (Å²) in [5.74, 6) is -1.54. The maximum Gasteiger partial charge on any atom is 0.329 e. The third-order valence-electron chi connectivity index (χ3n) is 7.43. The number of amides is 2. The van der Waals surface area contributed by atoms with Crippen molar-refractivity contribution in [1.82, 2.24) is 15.6 Å². The van der Waals surface area contributed by atoms with Gasteiger partial charge in [-0.25, -0.2) is 18.2 Å². The van der Waals surface area contributed by atoms with E-state index in [9.17, 15) is 27.6 Å². The lowest BCUT2D eigenvalue weighted by Gasteiger charge is -2.35. The van der Waals surface area contributed by atoms with Gasteiger partial charge in [0.2, 0.25) is 5.91 Å². The number of aromatic nitrogens is 1. The Hall–Kier alpha value is -4.36. The topological polar surface area (TPSA) is 227 Å². The van der Waals surface area contributed by atoms with Crippen molar-refractivity contribution in [2.45, 2.75) is 83.8 Å². The highest BCUT2D eigenvalue weighted by molar-refractivity contribution is 7.92. The summed E-state index contributed by atoms with van der Waals surface area (Å²) in [5, 5.41) is 13.7. The summed E-state index contributed by atoms with van der Waals surface area (Å²) in [6.07, 6.45) is 2.80. The van der Waals surface area contributed by atoms with Crippen LogP contribution in [0.1, 0.15) is 78.1 Å². The average molecular weight is 811 g/mol. The molecular weight excluding hydrogens is 752 g/mol. The Morgan fingerprint density at radius 3 is 1.91 bits per heavy atom. The molecule has 1 heterocycles. The minimum absolute atomic E-state index is 0.00121. The second-order valence-corrected chi connectivity index (χ2v) is 16.8. The summed E-state index contributed by atoms with van der Waals surface area (Å²) in [7, 11) is -3.99. The summed E-state index contributed by atoms with van der Waals surface area (Å²) in [6, 6.07) is 8.85. The van der Waals surface area contributed by atoms with E-state index in [4.69, 9.17) is 33.5 Å². The van der Waals surface area contributed by atoms with E-state index in [0.717, 1.165) is 0 Å². The Morgan fingerprint density at radius 2 is 1.34 bits per heavy atom. The third kappa shape index (κ3) is 21.1. The van der Waals surface area contributed by atoms with Gasteiger partial charge in [0.05, 0.1) is 50.1 Å². The number of hydrogen-bond donors (Lipinski definition) is 4. The highest BCUT2D eigenvalue weighted by atomic mass is 32.2. The van der Waals surface area contributed by atoms with Gasteiger partial charge in [-0.05, 0) is 89.3 Å². The maximum atomic E-state index is 13.1. The van der Waals surface area contributed by atoms with Crippen LogP contribution in [0.3, 0.4) is 0 Å². The van der Waals surface area contributed by atoms with Gasteiger partial charge in [0, 0.05) is 25.7 Å². The summed E-state index contributed by atoms with van der Waals surface area (Å²) in [4.78, 5) is 50.9. The molecule has 1 aromatic heterocycles. The number of carboxylic acid groups (broad SMARTS) is 1. The molecule has 2 rings (SSSR count). The number of carbonyl (C=O) groups is 4. The maximum absolute atomic E-state index is 13.1. The van der Waals surface area contributed by atoms with Gasteiger partial charge in [-0.3, -0.25) is 19.1 Å². The molecule has 0 aliphatic rings. The standard InChI is InChI=1S/C38H58N4O13S/c1-36(2,3)55-34(46)14-15-37(4,5)27-38(6,7)54-29-9-11-30(12-10-29)56(48,49)42-31-13-8-28(24-41-31)35(47)40-17-19-51-20-22-52-25-32(43)39-16-18-50-21-23-53-26-33(44)45/h8-13,24H,14-23,25-27H2,1-7H3,(H,39,43)(H,40,47)(H,41,42)(H,44,45). The predicted octanol–water partition coefficient (Wildman–Crippen LogP) is 3.58. The van der Waals surface area contributed by atoms with E-state index in [-0.39, 0.29) is 92.9 Å². The Labute approximate surface area is 329 Å². The fraction of sp³-hybridized carbons (Fsp3) is 0.605.